The zero-order valence-electron chi connectivity index (χ0n) is 11.0. The van der Waals surface area contributed by atoms with Crippen LogP contribution in [0.4, 0.5) is 4.79 Å². The minimum absolute atomic E-state index is 0.188. The van der Waals surface area contributed by atoms with E-state index in [2.05, 4.69) is 0 Å². The standard InChI is InChI=1S/C13H23NO3/c1-13(2,3)17-12(16)14-6-10-4-9(8-15)5-11(10)7-14/h9-11,15H,4-8H2,1-3H3/t10-,11-/m0/s1. The Hall–Kier alpha value is -0.770. The highest BCUT2D eigenvalue weighted by atomic mass is 16.6. The molecule has 2 fully saturated rings. The highest BCUT2D eigenvalue weighted by Gasteiger charge is 2.42. The van der Waals surface area contributed by atoms with Gasteiger partial charge in [-0.25, -0.2) is 4.79 Å². The molecule has 1 saturated carbocycles. The van der Waals surface area contributed by atoms with Gasteiger partial charge in [0, 0.05) is 19.7 Å². The molecule has 1 amide bonds. The summed E-state index contributed by atoms with van der Waals surface area (Å²) >= 11 is 0. The summed E-state index contributed by atoms with van der Waals surface area (Å²) in [6, 6.07) is 0. The normalized spacial score (nSPS) is 29.5. The van der Waals surface area contributed by atoms with Gasteiger partial charge < -0.3 is 14.7 Å². The molecule has 0 unspecified atom stereocenters. The summed E-state index contributed by atoms with van der Waals surface area (Å²) in [6.07, 6.45) is 1.92. The van der Waals surface area contributed by atoms with E-state index in [0.717, 1.165) is 25.9 Å². The first-order chi connectivity index (χ1) is 7.89. The van der Waals surface area contributed by atoms with Gasteiger partial charge in [-0.2, -0.15) is 0 Å². The van der Waals surface area contributed by atoms with Gasteiger partial charge in [-0.05, 0) is 51.4 Å². The van der Waals surface area contributed by atoms with Crippen LogP contribution in [-0.4, -0.2) is 41.4 Å². The van der Waals surface area contributed by atoms with Crippen molar-refractivity contribution in [3.63, 3.8) is 0 Å². The Morgan fingerprint density at radius 1 is 1.29 bits per heavy atom. The Labute approximate surface area is 103 Å². The average molecular weight is 241 g/mol. The van der Waals surface area contributed by atoms with E-state index in [9.17, 15) is 4.79 Å². The number of ether oxygens (including phenoxy) is 1. The average Bonchev–Trinajstić information content (AvgIpc) is 2.70. The van der Waals surface area contributed by atoms with Crippen molar-refractivity contribution in [3.8, 4) is 0 Å². The second kappa shape index (κ2) is 4.48. The van der Waals surface area contributed by atoms with Crippen molar-refractivity contribution in [2.45, 2.75) is 39.2 Å². The van der Waals surface area contributed by atoms with Crippen LogP contribution in [0.2, 0.25) is 0 Å². The van der Waals surface area contributed by atoms with Gasteiger partial charge >= 0.3 is 6.09 Å². The Morgan fingerprint density at radius 3 is 2.24 bits per heavy atom. The van der Waals surface area contributed by atoms with Crippen LogP contribution >= 0.6 is 0 Å². The van der Waals surface area contributed by atoms with E-state index in [4.69, 9.17) is 9.84 Å². The largest absolute Gasteiger partial charge is 0.444 e. The monoisotopic (exact) mass is 241 g/mol. The van der Waals surface area contributed by atoms with Crippen LogP contribution in [0.5, 0.6) is 0 Å². The van der Waals surface area contributed by atoms with Crippen molar-refractivity contribution < 1.29 is 14.6 Å². The van der Waals surface area contributed by atoms with Crippen LogP contribution < -0.4 is 0 Å². The minimum Gasteiger partial charge on any atom is -0.444 e. The molecule has 17 heavy (non-hydrogen) atoms. The number of nitrogens with zero attached hydrogens (tertiary/aromatic N) is 1. The number of fused-ring (bicyclic) bond motifs is 1. The first kappa shape index (κ1) is 12.7. The molecule has 1 aliphatic carbocycles. The van der Waals surface area contributed by atoms with Gasteiger partial charge in [-0.15, -0.1) is 0 Å². The van der Waals surface area contributed by atoms with Crippen molar-refractivity contribution in [3.05, 3.63) is 0 Å². The number of likely N-dealkylation sites (tertiary alicyclic amines) is 1. The fraction of sp³-hybridized carbons (Fsp3) is 0.923. The molecule has 0 radical (unpaired) electrons. The second-order valence-corrected chi connectivity index (χ2v) is 6.43. The Kier molecular flexibility index (Phi) is 3.34. The summed E-state index contributed by atoms with van der Waals surface area (Å²) in [6.45, 7) is 7.57. The molecule has 0 bridgehead atoms. The third-order valence-corrected chi connectivity index (χ3v) is 3.76. The van der Waals surface area contributed by atoms with Crippen LogP contribution in [0, 0.1) is 17.8 Å². The number of carbonyl (C=O) groups is 1. The van der Waals surface area contributed by atoms with Crippen molar-refractivity contribution in [2.24, 2.45) is 17.8 Å². The van der Waals surface area contributed by atoms with E-state index in [1.54, 1.807) is 0 Å². The molecule has 1 heterocycles. The lowest BCUT2D eigenvalue weighted by atomic mass is 10.0. The quantitative estimate of drug-likeness (QED) is 0.762. The van der Waals surface area contributed by atoms with E-state index in [1.807, 2.05) is 25.7 Å². The maximum absolute atomic E-state index is 11.9. The van der Waals surface area contributed by atoms with E-state index in [0.29, 0.717) is 24.4 Å². The van der Waals surface area contributed by atoms with Gasteiger partial charge in [0.2, 0.25) is 0 Å². The molecule has 2 rings (SSSR count). The Morgan fingerprint density at radius 2 is 1.82 bits per heavy atom. The first-order valence-electron chi connectivity index (χ1n) is 6.48. The molecule has 0 spiro atoms. The van der Waals surface area contributed by atoms with Gasteiger partial charge in [0.1, 0.15) is 5.60 Å². The lowest BCUT2D eigenvalue weighted by Gasteiger charge is -2.25. The molecular weight excluding hydrogens is 218 g/mol. The van der Waals surface area contributed by atoms with Gasteiger partial charge in [-0.1, -0.05) is 0 Å². The zero-order chi connectivity index (χ0) is 12.6. The topological polar surface area (TPSA) is 49.8 Å². The maximum atomic E-state index is 11.9. The summed E-state index contributed by atoms with van der Waals surface area (Å²) in [5, 5.41) is 9.14. The number of aliphatic hydroxyl groups excluding tert-OH is 1. The van der Waals surface area contributed by atoms with Crippen LogP contribution in [-0.2, 0) is 4.74 Å². The number of rotatable bonds is 1. The minimum atomic E-state index is -0.414. The fourth-order valence-corrected chi connectivity index (χ4v) is 3.05. The molecular formula is C13H23NO3. The van der Waals surface area contributed by atoms with Crippen molar-refractivity contribution in [1.29, 1.82) is 0 Å². The van der Waals surface area contributed by atoms with Crippen LogP contribution in [0.15, 0.2) is 0 Å². The first-order valence-corrected chi connectivity index (χ1v) is 6.48. The summed E-state index contributed by atoms with van der Waals surface area (Å²) < 4.78 is 5.38. The molecule has 1 saturated heterocycles. The molecule has 2 atom stereocenters. The highest BCUT2D eigenvalue weighted by molar-refractivity contribution is 5.68. The zero-order valence-corrected chi connectivity index (χ0v) is 11.0. The lowest BCUT2D eigenvalue weighted by Crippen LogP contribution is -2.36. The fourth-order valence-electron chi connectivity index (χ4n) is 3.05. The molecule has 0 aromatic heterocycles. The molecule has 98 valence electrons. The van der Waals surface area contributed by atoms with Crippen molar-refractivity contribution in [2.75, 3.05) is 19.7 Å². The highest BCUT2D eigenvalue weighted by Crippen LogP contribution is 2.41. The second-order valence-electron chi connectivity index (χ2n) is 6.43. The molecule has 4 heteroatoms. The summed E-state index contributed by atoms with van der Waals surface area (Å²) in [5.74, 6) is 1.59. The van der Waals surface area contributed by atoms with Crippen LogP contribution in [0.1, 0.15) is 33.6 Å². The number of hydrogen-bond donors (Lipinski definition) is 1. The molecule has 1 N–H and O–H groups in total. The van der Waals surface area contributed by atoms with Crippen LogP contribution in [0.3, 0.4) is 0 Å². The summed E-state index contributed by atoms with van der Waals surface area (Å²) in [7, 11) is 0. The van der Waals surface area contributed by atoms with Gasteiger partial charge in [0.25, 0.3) is 0 Å². The molecule has 2 aliphatic rings. The summed E-state index contributed by atoms with van der Waals surface area (Å²) in [4.78, 5) is 13.7. The maximum Gasteiger partial charge on any atom is 0.410 e. The summed E-state index contributed by atoms with van der Waals surface area (Å²) in [5.41, 5.74) is -0.414. The smallest absolute Gasteiger partial charge is 0.410 e. The van der Waals surface area contributed by atoms with E-state index in [-0.39, 0.29) is 6.09 Å². The van der Waals surface area contributed by atoms with Crippen molar-refractivity contribution in [1.82, 2.24) is 4.90 Å². The van der Waals surface area contributed by atoms with E-state index in [1.165, 1.54) is 0 Å². The van der Waals surface area contributed by atoms with Gasteiger partial charge in [-0.3, -0.25) is 0 Å². The third-order valence-electron chi connectivity index (χ3n) is 3.76. The van der Waals surface area contributed by atoms with Crippen LogP contribution in [0.25, 0.3) is 0 Å². The molecule has 4 nitrogen and oxygen atoms in total. The third kappa shape index (κ3) is 2.92. The molecule has 0 aromatic carbocycles. The van der Waals surface area contributed by atoms with Gasteiger partial charge in [0.15, 0.2) is 0 Å². The number of carbonyl (C=O) groups excluding carboxylic acids is 1. The Balaban J connectivity index is 1.86. The van der Waals surface area contributed by atoms with E-state index >= 15 is 0 Å². The van der Waals surface area contributed by atoms with Gasteiger partial charge in [0.05, 0.1) is 0 Å². The molecule has 1 aliphatic heterocycles. The number of aliphatic hydroxyl groups is 1. The SMILES string of the molecule is CC(C)(C)OC(=O)N1C[C@@H]2CC(CO)C[C@H]2C1. The Bertz CT molecular complexity index is 284. The predicted molar refractivity (Wildman–Crippen MR) is 64.6 cm³/mol. The molecule has 0 aromatic rings. The lowest BCUT2D eigenvalue weighted by molar-refractivity contribution is 0.0276. The predicted octanol–water partition coefficient (Wildman–Crippen LogP) is 1.87. The van der Waals surface area contributed by atoms with E-state index < -0.39 is 5.60 Å². The number of hydrogen-bond acceptors (Lipinski definition) is 3. The van der Waals surface area contributed by atoms with Crippen molar-refractivity contribution >= 4 is 6.09 Å². The number of amides is 1.